The maximum absolute atomic E-state index is 12.2. The molecule has 2 rings (SSSR count). The Kier molecular flexibility index (Phi) is 4.60. The van der Waals surface area contributed by atoms with Gasteiger partial charge in [0.05, 0.1) is 4.92 Å². The Labute approximate surface area is 128 Å². The summed E-state index contributed by atoms with van der Waals surface area (Å²) in [5.74, 6) is 0.328. The number of Topliss-reactive ketones (excluding diaryl/α,β-unsaturated/α-hetero) is 1. The van der Waals surface area contributed by atoms with Crippen LogP contribution in [0.1, 0.15) is 28.7 Å². The zero-order valence-electron chi connectivity index (χ0n) is 12.8. The number of hydrogen-bond acceptors (Lipinski definition) is 4. The van der Waals surface area contributed by atoms with Gasteiger partial charge in [0.1, 0.15) is 5.75 Å². The predicted molar refractivity (Wildman–Crippen MR) is 82.5 cm³/mol. The molecule has 0 saturated heterocycles. The van der Waals surface area contributed by atoms with E-state index in [2.05, 4.69) is 4.57 Å². The van der Waals surface area contributed by atoms with E-state index in [4.69, 9.17) is 4.74 Å². The number of nitro groups is 1. The summed E-state index contributed by atoms with van der Waals surface area (Å²) in [5.41, 5.74) is 2.61. The van der Waals surface area contributed by atoms with Crippen LogP contribution in [-0.2, 0) is 6.54 Å². The summed E-state index contributed by atoms with van der Waals surface area (Å²) in [6, 6.07) is 7.54. The fourth-order valence-corrected chi connectivity index (χ4v) is 2.46. The minimum Gasteiger partial charge on any atom is -0.485 e. The number of aryl methyl sites for hydroxylation is 1. The molecule has 1 aromatic carbocycles. The van der Waals surface area contributed by atoms with Gasteiger partial charge in [0.25, 0.3) is 5.69 Å². The average molecular weight is 302 g/mol. The van der Waals surface area contributed by atoms with E-state index in [0.717, 1.165) is 17.9 Å². The molecule has 0 aliphatic carbocycles. The minimum atomic E-state index is -0.478. The van der Waals surface area contributed by atoms with Crippen LogP contribution in [0, 0.1) is 24.0 Å². The molecule has 0 saturated carbocycles. The third-order valence-electron chi connectivity index (χ3n) is 3.61. The highest BCUT2D eigenvalue weighted by molar-refractivity contribution is 5.98. The average Bonchev–Trinajstić information content (AvgIpc) is 2.79. The van der Waals surface area contributed by atoms with Gasteiger partial charge in [-0.1, -0.05) is 0 Å². The van der Waals surface area contributed by atoms with Gasteiger partial charge in [-0.2, -0.15) is 0 Å². The Bertz CT molecular complexity index is 702. The van der Waals surface area contributed by atoms with E-state index in [9.17, 15) is 14.9 Å². The lowest BCUT2D eigenvalue weighted by molar-refractivity contribution is -0.384. The van der Waals surface area contributed by atoms with Crippen molar-refractivity contribution < 1.29 is 14.5 Å². The Morgan fingerprint density at radius 3 is 2.41 bits per heavy atom. The van der Waals surface area contributed by atoms with Crippen molar-refractivity contribution in [3.63, 3.8) is 0 Å². The van der Waals surface area contributed by atoms with Crippen LogP contribution in [0.2, 0.25) is 0 Å². The summed E-state index contributed by atoms with van der Waals surface area (Å²) in [7, 11) is 0. The number of nitro benzene ring substituents is 1. The SMILES string of the molecule is CCn1c(C)cc(C(=O)COc2ccc([N+](=O)[O-])cc2)c1C. The van der Waals surface area contributed by atoms with Gasteiger partial charge in [-0.25, -0.2) is 0 Å². The summed E-state index contributed by atoms with van der Waals surface area (Å²) in [5, 5.41) is 10.6. The van der Waals surface area contributed by atoms with E-state index in [1.54, 1.807) is 0 Å². The standard InChI is InChI=1S/C16H18N2O4/c1-4-17-11(2)9-15(12(17)3)16(19)10-22-14-7-5-13(6-8-14)18(20)21/h5-9H,4,10H2,1-3H3. The van der Waals surface area contributed by atoms with Crippen LogP contribution in [0.5, 0.6) is 5.75 Å². The molecule has 0 spiro atoms. The third-order valence-corrected chi connectivity index (χ3v) is 3.61. The first kappa shape index (κ1) is 15.8. The molecular formula is C16H18N2O4. The second kappa shape index (κ2) is 6.43. The van der Waals surface area contributed by atoms with Gasteiger partial charge in [0, 0.05) is 35.6 Å². The fourth-order valence-electron chi connectivity index (χ4n) is 2.46. The summed E-state index contributed by atoms with van der Waals surface area (Å²) >= 11 is 0. The molecule has 22 heavy (non-hydrogen) atoms. The number of ether oxygens (including phenoxy) is 1. The van der Waals surface area contributed by atoms with Crippen LogP contribution in [0.25, 0.3) is 0 Å². The monoisotopic (exact) mass is 302 g/mol. The van der Waals surface area contributed by atoms with E-state index in [1.165, 1.54) is 24.3 Å². The molecule has 116 valence electrons. The number of nitrogens with zero attached hydrogens (tertiary/aromatic N) is 2. The van der Waals surface area contributed by atoms with Crippen molar-refractivity contribution in [3.8, 4) is 5.75 Å². The lowest BCUT2D eigenvalue weighted by atomic mass is 10.1. The Morgan fingerprint density at radius 1 is 1.27 bits per heavy atom. The Balaban J connectivity index is 2.05. The van der Waals surface area contributed by atoms with Crippen LogP contribution < -0.4 is 4.74 Å². The quantitative estimate of drug-likeness (QED) is 0.466. The maximum atomic E-state index is 12.2. The molecule has 2 aromatic rings. The van der Waals surface area contributed by atoms with Crippen molar-refractivity contribution in [2.45, 2.75) is 27.3 Å². The first-order valence-corrected chi connectivity index (χ1v) is 7.01. The van der Waals surface area contributed by atoms with Gasteiger partial charge >= 0.3 is 0 Å². The smallest absolute Gasteiger partial charge is 0.269 e. The molecular weight excluding hydrogens is 284 g/mol. The van der Waals surface area contributed by atoms with Crippen molar-refractivity contribution in [1.29, 1.82) is 0 Å². The molecule has 0 aliphatic rings. The molecule has 0 fully saturated rings. The minimum absolute atomic E-state index is 0.00910. The number of rotatable bonds is 6. The molecule has 6 heteroatoms. The Morgan fingerprint density at radius 2 is 1.91 bits per heavy atom. The van der Waals surface area contributed by atoms with E-state index in [1.807, 2.05) is 26.8 Å². The molecule has 0 atom stereocenters. The number of aromatic nitrogens is 1. The predicted octanol–water partition coefficient (Wildman–Crippen LogP) is 3.29. The van der Waals surface area contributed by atoms with Gasteiger partial charge in [0.15, 0.2) is 6.61 Å². The Hall–Kier alpha value is -2.63. The van der Waals surface area contributed by atoms with Crippen molar-refractivity contribution in [2.75, 3.05) is 6.61 Å². The molecule has 0 aliphatic heterocycles. The van der Waals surface area contributed by atoms with Crippen LogP contribution in [0.4, 0.5) is 5.69 Å². The van der Waals surface area contributed by atoms with E-state index >= 15 is 0 Å². The first-order valence-electron chi connectivity index (χ1n) is 7.01. The van der Waals surface area contributed by atoms with Crippen LogP contribution in [-0.4, -0.2) is 21.9 Å². The van der Waals surface area contributed by atoms with Gasteiger partial charge < -0.3 is 9.30 Å². The van der Waals surface area contributed by atoms with E-state index in [-0.39, 0.29) is 18.1 Å². The normalized spacial score (nSPS) is 10.5. The van der Waals surface area contributed by atoms with Gasteiger partial charge in [-0.3, -0.25) is 14.9 Å². The summed E-state index contributed by atoms with van der Waals surface area (Å²) in [6.45, 7) is 6.63. The highest BCUT2D eigenvalue weighted by Crippen LogP contribution is 2.19. The highest BCUT2D eigenvalue weighted by atomic mass is 16.6. The summed E-state index contributed by atoms with van der Waals surface area (Å²) in [4.78, 5) is 22.3. The molecule has 0 radical (unpaired) electrons. The van der Waals surface area contributed by atoms with Crippen molar-refractivity contribution in [2.24, 2.45) is 0 Å². The van der Waals surface area contributed by atoms with Gasteiger partial charge in [0.2, 0.25) is 5.78 Å². The third kappa shape index (κ3) is 3.16. The number of carbonyl (C=O) groups excluding carboxylic acids is 1. The molecule has 1 heterocycles. The first-order chi connectivity index (χ1) is 10.4. The van der Waals surface area contributed by atoms with Gasteiger partial charge in [-0.05, 0) is 39.0 Å². The molecule has 1 aromatic heterocycles. The van der Waals surface area contributed by atoms with Crippen molar-refractivity contribution in [3.05, 3.63) is 57.4 Å². The number of carbonyl (C=O) groups is 1. The van der Waals surface area contributed by atoms with E-state index < -0.39 is 4.92 Å². The number of non-ortho nitro benzene ring substituents is 1. The summed E-state index contributed by atoms with van der Waals surface area (Å²) in [6.07, 6.45) is 0. The highest BCUT2D eigenvalue weighted by Gasteiger charge is 2.15. The maximum Gasteiger partial charge on any atom is 0.269 e. The van der Waals surface area contributed by atoms with E-state index in [0.29, 0.717) is 11.3 Å². The fraction of sp³-hybridized carbons (Fsp3) is 0.312. The molecule has 6 nitrogen and oxygen atoms in total. The van der Waals surface area contributed by atoms with Gasteiger partial charge in [-0.15, -0.1) is 0 Å². The number of benzene rings is 1. The topological polar surface area (TPSA) is 74.4 Å². The molecule has 0 unspecified atom stereocenters. The number of hydrogen-bond donors (Lipinski definition) is 0. The van der Waals surface area contributed by atoms with Crippen molar-refractivity contribution in [1.82, 2.24) is 4.57 Å². The molecule has 0 N–H and O–H groups in total. The zero-order chi connectivity index (χ0) is 16.3. The van der Waals surface area contributed by atoms with Crippen molar-refractivity contribution >= 4 is 11.5 Å². The number of ketones is 1. The van der Waals surface area contributed by atoms with Crippen LogP contribution in [0.3, 0.4) is 0 Å². The second-order valence-electron chi connectivity index (χ2n) is 4.99. The molecule has 0 amide bonds. The lowest BCUT2D eigenvalue weighted by Gasteiger charge is -2.07. The van der Waals surface area contributed by atoms with Crippen LogP contribution in [0.15, 0.2) is 30.3 Å². The lowest BCUT2D eigenvalue weighted by Crippen LogP contribution is -2.12. The molecule has 0 bridgehead atoms. The zero-order valence-corrected chi connectivity index (χ0v) is 12.8. The second-order valence-corrected chi connectivity index (χ2v) is 4.99. The summed E-state index contributed by atoms with van der Waals surface area (Å²) < 4.78 is 7.48. The van der Waals surface area contributed by atoms with Crippen LogP contribution >= 0.6 is 0 Å². The largest absolute Gasteiger partial charge is 0.485 e.